The molecule has 0 unspecified atom stereocenters. The Morgan fingerprint density at radius 1 is 0.947 bits per heavy atom. The highest BCUT2D eigenvalue weighted by Gasteiger charge is 2.49. The van der Waals surface area contributed by atoms with Gasteiger partial charge < -0.3 is 0 Å². The van der Waals surface area contributed by atoms with Crippen molar-refractivity contribution in [2.75, 3.05) is 0 Å². The number of benzene rings is 2. The molecule has 2 aliphatic carbocycles. The van der Waals surface area contributed by atoms with Crippen molar-refractivity contribution in [3.63, 3.8) is 0 Å². The maximum atomic E-state index is 11.6. The summed E-state index contributed by atoms with van der Waals surface area (Å²) in [6.45, 7) is 1.73. The summed E-state index contributed by atoms with van der Waals surface area (Å²) in [5.41, 5.74) is 5.55. The maximum Gasteiger partial charge on any atom is 0.133 e. The average Bonchev–Trinajstić information content (AvgIpc) is 3.15. The van der Waals surface area contributed by atoms with Gasteiger partial charge in [-0.3, -0.25) is 4.79 Å². The quantitative estimate of drug-likeness (QED) is 0.784. The van der Waals surface area contributed by atoms with Crippen LogP contribution in [0.15, 0.2) is 48.5 Å². The van der Waals surface area contributed by atoms with Crippen LogP contribution in [-0.2, 0) is 4.79 Å². The summed E-state index contributed by atoms with van der Waals surface area (Å²) in [4.78, 5) is 11.6. The van der Waals surface area contributed by atoms with Crippen LogP contribution in [0.4, 0.5) is 0 Å². The second-order valence-electron chi connectivity index (χ2n) is 5.77. The molecular weight excluding hydrogens is 232 g/mol. The number of hydrogen-bond donors (Lipinski definition) is 0. The highest BCUT2D eigenvalue weighted by molar-refractivity contribution is 5.84. The summed E-state index contributed by atoms with van der Waals surface area (Å²) in [7, 11) is 0. The number of hydrogen-bond acceptors (Lipinski definition) is 1. The van der Waals surface area contributed by atoms with Gasteiger partial charge in [-0.2, -0.15) is 0 Å². The molecule has 0 aromatic heterocycles. The smallest absolute Gasteiger partial charge is 0.133 e. The van der Waals surface area contributed by atoms with E-state index in [2.05, 4.69) is 48.5 Å². The molecule has 1 fully saturated rings. The van der Waals surface area contributed by atoms with E-state index in [4.69, 9.17) is 0 Å². The molecule has 4 rings (SSSR count). The van der Waals surface area contributed by atoms with Gasteiger partial charge in [0.15, 0.2) is 0 Å². The highest BCUT2D eigenvalue weighted by atomic mass is 16.1. The number of fused-ring (bicyclic) bond motifs is 3. The second-order valence-corrected chi connectivity index (χ2v) is 5.77. The van der Waals surface area contributed by atoms with Crippen molar-refractivity contribution in [2.24, 2.45) is 11.8 Å². The van der Waals surface area contributed by atoms with Crippen LogP contribution in [0.1, 0.15) is 30.4 Å². The number of carbonyl (C=O) groups excluding carboxylic acids is 1. The first-order valence-electron chi connectivity index (χ1n) is 6.96. The van der Waals surface area contributed by atoms with E-state index in [0.717, 1.165) is 6.42 Å². The third-order valence-corrected chi connectivity index (χ3v) is 4.67. The maximum absolute atomic E-state index is 11.6. The average molecular weight is 248 g/mol. The lowest BCUT2D eigenvalue weighted by molar-refractivity contribution is -0.118. The fraction of sp³-hybridized carbons (Fsp3) is 0.278. The molecule has 0 N–H and O–H groups in total. The molecule has 2 atom stereocenters. The van der Waals surface area contributed by atoms with Gasteiger partial charge >= 0.3 is 0 Å². The first kappa shape index (κ1) is 11.0. The van der Waals surface area contributed by atoms with Crippen molar-refractivity contribution in [2.45, 2.75) is 19.3 Å². The summed E-state index contributed by atoms with van der Waals surface area (Å²) in [5.74, 6) is 1.58. The zero-order chi connectivity index (χ0) is 13.0. The SMILES string of the molecule is CC(=O)[C@@H]1C[C@@H]1C1c2ccccc2-c2ccccc21. The van der Waals surface area contributed by atoms with Crippen molar-refractivity contribution in [3.05, 3.63) is 59.7 Å². The molecule has 0 radical (unpaired) electrons. The molecule has 94 valence electrons. The predicted octanol–water partition coefficient (Wildman–Crippen LogP) is 4.02. The molecule has 0 heterocycles. The molecule has 0 spiro atoms. The molecule has 1 nitrogen and oxygen atoms in total. The molecule has 0 amide bonds. The van der Waals surface area contributed by atoms with E-state index in [1.165, 1.54) is 22.3 Å². The van der Waals surface area contributed by atoms with Gasteiger partial charge in [0.2, 0.25) is 0 Å². The minimum absolute atomic E-state index is 0.282. The Balaban J connectivity index is 1.86. The Hall–Kier alpha value is -1.89. The standard InChI is InChI=1S/C18H16O/c1-11(19)16-10-17(16)18-14-8-4-2-6-12(14)13-7-3-5-9-15(13)18/h2-9,16-18H,10H2,1H3/t16-,17-/m0/s1. The van der Waals surface area contributed by atoms with E-state index in [1.807, 2.05) is 0 Å². The lowest BCUT2D eigenvalue weighted by Crippen LogP contribution is -2.04. The van der Waals surface area contributed by atoms with Crippen LogP contribution in [0.2, 0.25) is 0 Å². The largest absolute Gasteiger partial charge is 0.300 e. The normalized spacial score (nSPS) is 23.8. The molecule has 1 heteroatoms. The van der Waals surface area contributed by atoms with Gasteiger partial charge in [-0.1, -0.05) is 48.5 Å². The van der Waals surface area contributed by atoms with Gasteiger partial charge in [-0.25, -0.2) is 0 Å². The van der Waals surface area contributed by atoms with Gasteiger partial charge in [0.05, 0.1) is 0 Å². The Kier molecular flexibility index (Phi) is 2.20. The van der Waals surface area contributed by atoms with E-state index in [0.29, 0.717) is 17.6 Å². The number of Topliss-reactive ketones (excluding diaryl/α,β-unsaturated/α-hetero) is 1. The van der Waals surface area contributed by atoms with Gasteiger partial charge in [0, 0.05) is 11.8 Å². The van der Waals surface area contributed by atoms with Crippen LogP contribution in [0, 0.1) is 11.8 Å². The molecule has 2 aromatic carbocycles. The van der Waals surface area contributed by atoms with Gasteiger partial charge in [0.25, 0.3) is 0 Å². The molecule has 0 bridgehead atoms. The molecule has 1 saturated carbocycles. The topological polar surface area (TPSA) is 17.1 Å². The van der Waals surface area contributed by atoms with Crippen molar-refractivity contribution >= 4 is 5.78 Å². The fourth-order valence-corrected chi connectivity index (χ4v) is 3.71. The molecule has 2 aliphatic rings. The Morgan fingerprint density at radius 3 is 1.95 bits per heavy atom. The Labute approximate surface area is 113 Å². The minimum Gasteiger partial charge on any atom is -0.300 e. The number of carbonyl (C=O) groups is 1. The number of rotatable bonds is 2. The predicted molar refractivity (Wildman–Crippen MR) is 76.0 cm³/mol. The van der Waals surface area contributed by atoms with E-state index < -0.39 is 0 Å². The molecular formula is C18H16O. The summed E-state index contributed by atoms with van der Waals surface area (Å²) < 4.78 is 0. The van der Waals surface area contributed by atoms with E-state index in [9.17, 15) is 4.79 Å². The highest BCUT2D eigenvalue weighted by Crippen LogP contribution is 2.57. The molecule has 19 heavy (non-hydrogen) atoms. The van der Waals surface area contributed by atoms with Crippen molar-refractivity contribution in [3.8, 4) is 11.1 Å². The molecule has 0 aliphatic heterocycles. The van der Waals surface area contributed by atoms with Gasteiger partial charge in [-0.05, 0) is 41.5 Å². The van der Waals surface area contributed by atoms with Crippen LogP contribution in [0.25, 0.3) is 11.1 Å². The van der Waals surface area contributed by atoms with Crippen molar-refractivity contribution in [1.82, 2.24) is 0 Å². The first-order valence-corrected chi connectivity index (χ1v) is 6.96. The third kappa shape index (κ3) is 1.51. The summed E-state index contributed by atoms with van der Waals surface area (Å²) >= 11 is 0. The Morgan fingerprint density at radius 2 is 1.47 bits per heavy atom. The molecule has 0 saturated heterocycles. The van der Waals surface area contributed by atoms with Crippen LogP contribution in [-0.4, -0.2) is 5.78 Å². The van der Waals surface area contributed by atoms with Crippen LogP contribution in [0.5, 0.6) is 0 Å². The molecule has 2 aromatic rings. The number of ketones is 1. The Bertz CT molecular complexity index is 625. The monoisotopic (exact) mass is 248 g/mol. The summed E-state index contributed by atoms with van der Waals surface area (Å²) in [5, 5.41) is 0. The summed E-state index contributed by atoms with van der Waals surface area (Å²) in [6, 6.07) is 17.3. The van der Waals surface area contributed by atoms with E-state index in [-0.39, 0.29) is 5.92 Å². The third-order valence-electron chi connectivity index (χ3n) is 4.67. The lowest BCUT2D eigenvalue weighted by atomic mass is 9.90. The second kappa shape index (κ2) is 3.80. The van der Waals surface area contributed by atoms with E-state index >= 15 is 0 Å². The fourth-order valence-electron chi connectivity index (χ4n) is 3.71. The lowest BCUT2D eigenvalue weighted by Gasteiger charge is -2.12. The zero-order valence-corrected chi connectivity index (χ0v) is 11.0. The van der Waals surface area contributed by atoms with E-state index in [1.54, 1.807) is 6.92 Å². The van der Waals surface area contributed by atoms with Crippen molar-refractivity contribution < 1.29 is 4.79 Å². The zero-order valence-electron chi connectivity index (χ0n) is 11.0. The van der Waals surface area contributed by atoms with Crippen LogP contribution >= 0.6 is 0 Å². The first-order chi connectivity index (χ1) is 9.27. The van der Waals surface area contributed by atoms with Gasteiger partial charge in [0.1, 0.15) is 5.78 Å². The van der Waals surface area contributed by atoms with Gasteiger partial charge in [-0.15, -0.1) is 0 Å². The van der Waals surface area contributed by atoms with Crippen LogP contribution < -0.4 is 0 Å². The van der Waals surface area contributed by atoms with Crippen molar-refractivity contribution in [1.29, 1.82) is 0 Å². The summed E-state index contributed by atoms with van der Waals surface area (Å²) in [6.07, 6.45) is 1.06. The van der Waals surface area contributed by atoms with Crippen LogP contribution in [0.3, 0.4) is 0 Å². The minimum atomic E-state index is 0.282.